The van der Waals surface area contributed by atoms with Gasteiger partial charge in [0.1, 0.15) is 12.1 Å². The Bertz CT molecular complexity index is 1360. The lowest BCUT2D eigenvalue weighted by atomic mass is 9.78. The van der Waals surface area contributed by atoms with Crippen molar-refractivity contribution in [1.82, 2.24) is 0 Å². The van der Waals surface area contributed by atoms with E-state index in [4.69, 9.17) is 19.5 Å². The van der Waals surface area contributed by atoms with E-state index < -0.39 is 0 Å². The molecule has 0 amide bonds. The smallest absolute Gasteiger partial charge is 0.188 e. The van der Waals surface area contributed by atoms with E-state index >= 15 is 0 Å². The minimum absolute atomic E-state index is 0.0678. The maximum absolute atomic E-state index is 6.81. The van der Waals surface area contributed by atoms with Gasteiger partial charge in [0.2, 0.25) is 0 Å². The first kappa shape index (κ1) is 24.8. The summed E-state index contributed by atoms with van der Waals surface area (Å²) in [5.74, 6) is 2.02. The number of hydrogen-bond acceptors (Lipinski definition) is 4. The van der Waals surface area contributed by atoms with Crippen molar-refractivity contribution in [2.45, 2.75) is 50.0 Å². The van der Waals surface area contributed by atoms with Gasteiger partial charge in [0, 0.05) is 11.8 Å². The third kappa shape index (κ3) is 4.83. The van der Waals surface area contributed by atoms with Gasteiger partial charge in [-0.25, -0.2) is 9.98 Å². The molecule has 3 aliphatic rings. The molecule has 0 aromatic heterocycles. The molecule has 0 N–H and O–H groups in total. The zero-order valence-corrected chi connectivity index (χ0v) is 22.6. The van der Waals surface area contributed by atoms with Crippen molar-refractivity contribution in [1.29, 1.82) is 0 Å². The van der Waals surface area contributed by atoms with Crippen LogP contribution >= 0.6 is 0 Å². The first-order valence-corrected chi connectivity index (χ1v) is 14.5. The van der Waals surface area contributed by atoms with Crippen molar-refractivity contribution >= 4 is 11.8 Å². The number of rotatable bonds is 6. The number of hydrogen-bond donors (Lipinski definition) is 0. The molecule has 1 fully saturated rings. The molecule has 4 aromatic rings. The van der Waals surface area contributed by atoms with Crippen molar-refractivity contribution in [3.8, 4) is 0 Å². The predicted molar refractivity (Wildman–Crippen MR) is 159 cm³/mol. The summed E-state index contributed by atoms with van der Waals surface area (Å²) < 4.78 is 13.6. The van der Waals surface area contributed by atoms with Crippen LogP contribution in [0.4, 0.5) is 0 Å². The lowest BCUT2D eigenvalue weighted by Gasteiger charge is -2.31. The van der Waals surface area contributed by atoms with Crippen molar-refractivity contribution in [3.05, 3.63) is 144 Å². The Kier molecular flexibility index (Phi) is 6.91. The first-order valence-electron chi connectivity index (χ1n) is 14.5. The molecule has 200 valence electrons. The van der Waals surface area contributed by atoms with Gasteiger partial charge in [0.25, 0.3) is 0 Å². The zero-order chi connectivity index (χ0) is 26.7. The standard InChI is InChI=1S/C36H34N2O2/c1-5-15-25(16-6-1)31-33(27-19-9-3-10-20-27)39-35(37-31)29-23-13-14-24-30(29)36-38-32(26-17-7-2-8-18-26)34(40-36)28-21-11-4-12-22-28/h1-12,15-22,29-34H,13-14,23-24H2/t29-,30-,31-,32-,33+,34+/m1/s1. The Labute approximate surface area is 236 Å². The Morgan fingerprint density at radius 2 is 0.750 bits per heavy atom. The van der Waals surface area contributed by atoms with Crippen LogP contribution in [0.5, 0.6) is 0 Å². The molecule has 0 spiro atoms. The quantitative estimate of drug-likeness (QED) is 0.252. The van der Waals surface area contributed by atoms with Crippen LogP contribution in [0.3, 0.4) is 0 Å². The van der Waals surface area contributed by atoms with E-state index in [9.17, 15) is 0 Å². The molecule has 0 radical (unpaired) electrons. The summed E-state index contributed by atoms with van der Waals surface area (Å²) in [5.41, 5.74) is 4.68. The largest absolute Gasteiger partial charge is 0.470 e. The van der Waals surface area contributed by atoms with E-state index in [2.05, 4.69) is 121 Å². The number of ether oxygens (including phenoxy) is 2. The molecule has 4 nitrogen and oxygen atoms in total. The van der Waals surface area contributed by atoms with E-state index in [0.29, 0.717) is 0 Å². The lowest BCUT2D eigenvalue weighted by Crippen LogP contribution is -2.33. The van der Waals surface area contributed by atoms with Crippen LogP contribution in [0.25, 0.3) is 0 Å². The molecule has 6 atom stereocenters. The normalized spacial score (nSPS) is 27.8. The highest BCUT2D eigenvalue weighted by molar-refractivity contribution is 5.90. The summed E-state index contributed by atoms with van der Waals surface area (Å²) in [7, 11) is 0. The predicted octanol–water partition coefficient (Wildman–Crippen LogP) is 8.62. The molecule has 4 heteroatoms. The van der Waals surface area contributed by atoms with Crippen LogP contribution in [0.15, 0.2) is 131 Å². The summed E-state index contributed by atoms with van der Waals surface area (Å²) in [4.78, 5) is 10.6. The van der Waals surface area contributed by atoms with E-state index in [1.807, 2.05) is 0 Å². The Morgan fingerprint density at radius 3 is 1.10 bits per heavy atom. The molecule has 40 heavy (non-hydrogen) atoms. The van der Waals surface area contributed by atoms with E-state index in [0.717, 1.165) is 48.6 Å². The number of benzene rings is 4. The van der Waals surface area contributed by atoms with Crippen molar-refractivity contribution in [2.24, 2.45) is 21.8 Å². The second-order valence-corrected chi connectivity index (χ2v) is 11.0. The van der Waals surface area contributed by atoms with Gasteiger partial charge in [-0.1, -0.05) is 134 Å². The van der Waals surface area contributed by atoms with E-state index in [1.54, 1.807) is 0 Å². The van der Waals surface area contributed by atoms with Crippen LogP contribution in [0.1, 0.15) is 72.2 Å². The summed E-state index contributed by atoms with van der Waals surface area (Å²) in [6.07, 6.45) is 4.10. The highest BCUT2D eigenvalue weighted by Crippen LogP contribution is 2.47. The molecule has 2 aliphatic heterocycles. The minimum atomic E-state index is -0.137. The van der Waals surface area contributed by atoms with Gasteiger partial charge in [-0.2, -0.15) is 0 Å². The highest BCUT2D eigenvalue weighted by atomic mass is 16.5. The van der Waals surface area contributed by atoms with Gasteiger partial charge in [0.15, 0.2) is 24.0 Å². The fraction of sp³-hybridized carbons (Fsp3) is 0.278. The van der Waals surface area contributed by atoms with Crippen LogP contribution in [0.2, 0.25) is 0 Å². The molecular weight excluding hydrogens is 492 g/mol. The monoisotopic (exact) mass is 526 g/mol. The van der Waals surface area contributed by atoms with Gasteiger partial charge in [0.05, 0.1) is 0 Å². The van der Waals surface area contributed by atoms with Crippen LogP contribution < -0.4 is 0 Å². The summed E-state index contributed by atoms with van der Waals surface area (Å²) in [6, 6.07) is 42.0. The SMILES string of the molecule is c1ccc([C@H]2N=C([C@@H]3CCCC[C@H]3C3=N[C@H](c4ccccc4)[C@H](c4ccccc4)O3)O[C@H]2c2ccccc2)cc1. The summed E-state index contributed by atoms with van der Waals surface area (Å²) >= 11 is 0. The molecular formula is C36H34N2O2. The van der Waals surface area contributed by atoms with Gasteiger partial charge < -0.3 is 9.47 Å². The van der Waals surface area contributed by atoms with Gasteiger partial charge in [-0.15, -0.1) is 0 Å². The molecule has 0 unspecified atom stereocenters. The third-order valence-electron chi connectivity index (χ3n) is 8.54. The average Bonchev–Trinajstić information content (AvgIpc) is 3.69. The minimum Gasteiger partial charge on any atom is -0.470 e. The topological polar surface area (TPSA) is 43.2 Å². The fourth-order valence-electron chi connectivity index (χ4n) is 6.53. The molecule has 1 aliphatic carbocycles. The fourth-order valence-corrected chi connectivity index (χ4v) is 6.53. The average molecular weight is 527 g/mol. The molecule has 4 aromatic carbocycles. The zero-order valence-electron chi connectivity index (χ0n) is 22.6. The van der Waals surface area contributed by atoms with Crippen LogP contribution in [0, 0.1) is 11.8 Å². The molecule has 2 heterocycles. The van der Waals surface area contributed by atoms with Crippen LogP contribution in [-0.2, 0) is 9.47 Å². The third-order valence-corrected chi connectivity index (χ3v) is 8.54. The Morgan fingerprint density at radius 1 is 0.425 bits per heavy atom. The molecule has 1 saturated carbocycles. The number of aliphatic imine (C=N–C) groups is 2. The molecule has 7 rings (SSSR count). The van der Waals surface area contributed by atoms with Crippen LogP contribution in [-0.4, -0.2) is 11.8 Å². The van der Waals surface area contributed by atoms with E-state index in [1.165, 1.54) is 11.1 Å². The Hall–Kier alpha value is -4.18. The summed E-state index contributed by atoms with van der Waals surface area (Å²) in [5, 5.41) is 0. The molecule has 0 saturated heterocycles. The molecule has 0 bridgehead atoms. The van der Waals surface area contributed by atoms with Crippen molar-refractivity contribution < 1.29 is 9.47 Å². The highest BCUT2D eigenvalue weighted by Gasteiger charge is 2.45. The Balaban J connectivity index is 1.23. The maximum atomic E-state index is 6.81. The van der Waals surface area contributed by atoms with Gasteiger partial charge in [-0.05, 0) is 35.1 Å². The summed E-state index contributed by atoms with van der Waals surface area (Å²) in [6.45, 7) is 0. The van der Waals surface area contributed by atoms with Crippen molar-refractivity contribution in [2.75, 3.05) is 0 Å². The van der Waals surface area contributed by atoms with Gasteiger partial charge >= 0.3 is 0 Å². The lowest BCUT2D eigenvalue weighted by molar-refractivity contribution is 0.156. The first-order chi connectivity index (χ1) is 19.8. The van der Waals surface area contributed by atoms with Crippen molar-refractivity contribution in [3.63, 3.8) is 0 Å². The maximum Gasteiger partial charge on any atom is 0.188 e. The van der Waals surface area contributed by atoms with E-state index in [-0.39, 0.29) is 36.1 Å². The number of nitrogens with zero attached hydrogens (tertiary/aromatic N) is 2. The van der Waals surface area contributed by atoms with Gasteiger partial charge in [-0.3, -0.25) is 0 Å². The second kappa shape index (κ2) is 11.1. The second-order valence-electron chi connectivity index (χ2n) is 11.0.